The van der Waals surface area contributed by atoms with Gasteiger partial charge in [-0.3, -0.25) is 4.57 Å². The summed E-state index contributed by atoms with van der Waals surface area (Å²) in [5.74, 6) is 0.606. The van der Waals surface area contributed by atoms with Crippen molar-refractivity contribution in [1.29, 1.82) is 0 Å². The van der Waals surface area contributed by atoms with Gasteiger partial charge in [-0.2, -0.15) is 0 Å². The van der Waals surface area contributed by atoms with Crippen molar-refractivity contribution in [1.82, 2.24) is 19.1 Å². The maximum atomic E-state index is 5.75. The van der Waals surface area contributed by atoms with E-state index in [4.69, 9.17) is 9.97 Å². The lowest BCUT2D eigenvalue weighted by Gasteiger charge is -2.34. The van der Waals surface area contributed by atoms with Crippen LogP contribution in [0.25, 0.3) is 77.8 Å². The summed E-state index contributed by atoms with van der Waals surface area (Å²) >= 11 is 0. The third-order valence-electron chi connectivity index (χ3n) is 16.8. The monoisotopic (exact) mass is 1080 g/mol. The number of fused-ring (bicyclic) bond motifs is 6. The molecule has 0 unspecified atom stereocenters. The molecule has 0 spiro atoms. The summed E-state index contributed by atoms with van der Waals surface area (Å²) in [5.41, 5.74) is 9.25. The number of nitrogens with zero attached hydrogens (tertiary/aromatic N) is 4. The van der Waals surface area contributed by atoms with Crippen LogP contribution in [0.4, 0.5) is 0 Å². The molecule has 0 radical (unpaired) electrons. The van der Waals surface area contributed by atoms with Crippen LogP contribution < -0.4 is 41.5 Å². The third kappa shape index (κ3) is 7.94. The van der Waals surface area contributed by atoms with E-state index in [0.717, 1.165) is 50.0 Å². The molecule has 0 N–H and O–H groups in total. The van der Waals surface area contributed by atoms with Gasteiger partial charge in [0.15, 0.2) is 16.1 Å². The molecule has 15 rings (SSSR count). The summed E-state index contributed by atoms with van der Waals surface area (Å²) in [4.78, 5) is 11.5. The molecule has 0 aliphatic carbocycles. The quantitative estimate of drug-likeness (QED) is 0.0903. The molecule has 0 fully saturated rings. The van der Waals surface area contributed by atoms with Crippen molar-refractivity contribution in [3.63, 3.8) is 0 Å². The molecule has 4 nitrogen and oxygen atoms in total. The van der Waals surface area contributed by atoms with Crippen LogP contribution in [0.3, 0.4) is 0 Å². The van der Waals surface area contributed by atoms with Crippen LogP contribution in [-0.4, -0.2) is 35.2 Å². The Hall–Kier alpha value is -10.2. The average Bonchev–Trinajstić information content (AvgIpc) is 3.36. The lowest BCUT2D eigenvalue weighted by Crippen LogP contribution is -2.74. The van der Waals surface area contributed by atoms with Crippen LogP contribution in [0, 0.1) is 0 Å². The molecule has 0 amide bonds. The fourth-order valence-electron chi connectivity index (χ4n) is 13.3. The number of benzene rings is 12. The van der Waals surface area contributed by atoms with E-state index in [1.807, 2.05) is 0 Å². The number of rotatable bonds is 12. The summed E-state index contributed by atoms with van der Waals surface area (Å²) in [7, 11) is -5.83. The van der Waals surface area contributed by atoms with Crippen molar-refractivity contribution >= 4 is 101 Å². The molecule has 15 aromatic rings. The summed E-state index contributed by atoms with van der Waals surface area (Å²) in [5, 5.41) is 15.2. The van der Waals surface area contributed by atoms with Gasteiger partial charge in [0.25, 0.3) is 0 Å². The molecule has 0 saturated carbocycles. The Balaban J connectivity index is 0.991. The van der Waals surface area contributed by atoms with E-state index < -0.39 is 16.1 Å². The molecule has 12 aromatic carbocycles. The molecule has 3 aromatic heterocycles. The highest BCUT2D eigenvalue weighted by Crippen LogP contribution is 2.37. The van der Waals surface area contributed by atoms with E-state index in [1.54, 1.807) is 0 Å². The minimum Gasteiger partial charge on any atom is -0.309 e. The third-order valence-corrected chi connectivity index (χ3v) is 26.4. The molecular formula is C76H54N4Si2. The minimum atomic E-state index is -2.92. The van der Waals surface area contributed by atoms with Gasteiger partial charge < -0.3 is 4.57 Å². The molecule has 0 saturated heterocycles. The highest BCUT2D eigenvalue weighted by Gasteiger charge is 2.43. The lowest BCUT2D eigenvalue weighted by molar-refractivity contribution is 0.995. The normalized spacial score (nSPS) is 11.9. The van der Waals surface area contributed by atoms with Crippen molar-refractivity contribution in [2.75, 3.05) is 0 Å². The molecule has 0 bridgehead atoms. The van der Waals surface area contributed by atoms with E-state index in [0.29, 0.717) is 5.95 Å². The first-order chi connectivity index (χ1) is 40.7. The predicted molar refractivity (Wildman–Crippen MR) is 349 cm³/mol. The fourth-order valence-corrected chi connectivity index (χ4v) is 22.9. The van der Waals surface area contributed by atoms with Crippen LogP contribution in [0.1, 0.15) is 0 Å². The molecule has 82 heavy (non-hydrogen) atoms. The number of para-hydroxylation sites is 3. The van der Waals surface area contributed by atoms with E-state index in [2.05, 4.69) is 337 Å². The SMILES string of the molecule is c1ccc([Si](c2ccccc2)(c2ccccc2)c2cccc(-c3cc(-c4cccc([Si](c5ccccc5)(c5ccccc5)c5ccccc5)c4)nc(-n4c5ccccc5c5cc(-n6c7ccccc7c7ccccc76)ccc54)n3)c2)cc1. The predicted octanol–water partition coefficient (Wildman–Crippen LogP) is 12.8. The van der Waals surface area contributed by atoms with Gasteiger partial charge in [-0.05, 0) is 84.0 Å². The Morgan fingerprint density at radius 2 is 0.524 bits per heavy atom. The zero-order valence-corrected chi connectivity index (χ0v) is 47.0. The minimum absolute atomic E-state index is 0.606. The van der Waals surface area contributed by atoms with Gasteiger partial charge in [-0.1, -0.05) is 285 Å². The second-order valence-electron chi connectivity index (χ2n) is 21.2. The Morgan fingerprint density at radius 1 is 0.220 bits per heavy atom. The van der Waals surface area contributed by atoms with E-state index in [9.17, 15) is 0 Å². The maximum Gasteiger partial charge on any atom is 0.235 e. The van der Waals surface area contributed by atoms with Crippen LogP contribution in [0.15, 0.2) is 328 Å². The average molecular weight is 1080 g/mol. The Morgan fingerprint density at radius 3 is 0.902 bits per heavy atom. The van der Waals surface area contributed by atoms with Crippen molar-refractivity contribution < 1.29 is 0 Å². The number of aromatic nitrogens is 4. The smallest absolute Gasteiger partial charge is 0.235 e. The van der Waals surface area contributed by atoms with Crippen LogP contribution in [0.5, 0.6) is 0 Å². The van der Waals surface area contributed by atoms with Crippen molar-refractivity contribution in [2.24, 2.45) is 0 Å². The van der Waals surface area contributed by atoms with Gasteiger partial charge in [0, 0.05) is 38.4 Å². The second-order valence-corrected chi connectivity index (χ2v) is 28.8. The summed E-state index contributed by atoms with van der Waals surface area (Å²) < 4.78 is 4.69. The summed E-state index contributed by atoms with van der Waals surface area (Å²) in [6.07, 6.45) is 0. The molecule has 0 aliphatic rings. The zero-order valence-electron chi connectivity index (χ0n) is 45.0. The highest BCUT2D eigenvalue weighted by atomic mass is 28.3. The molecule has 3 heterocycles. The molecule has 0 atom stereocenters. The summed E-state index contributed by atoms with van der Waals surface area (Å²) in [6, 6.07) is 121. The first-order valence-electron chi connectivity index (χ1n) is 28.1. The van der Waals surface area contributed by atoms with Crippen LogP contribution in [0.2, 0.25) is 0 Å². The highest BCUT2D eigenvalue weighted by molar-refractivity contribution is 7.20. The van der Waals surface area contributed by atoms with Crippen molar-refractivity contribution in [3.8, 4) is 34.2 Å². The van der Waals surface area contributed by atoms with Crippen molar-refractivity contribution in [2.45, 2.75) is 0 Å². The standard InChI is InChI=1S/C76H54N4Si2/c1-7-29-58(30-8-1)81(59-31-9-2-10-32-59,60-33-11-3-12-34-60)64-41-25-27-55(51-64)70-54-71(56-28-26-42-65(52-56)82(61-35-13-4-14-36-61,62-37-15-5-16-38-62)63-39-17-6-18-40-63)78-76(77-70)80-74-48-24-21-45-68(74)69-53-57(49-50-75(69)80)79-72-46-22-19-43-66(72)67-44-20-23-47-73(67)79/h1-54H. The van der Waals surface area contributed by atoms with Gasteiger partial charge in [0.1, 0.15) is 0 Å². The lowest BCUT2D eigenvalue weighted by atomic mass is 10.1. The van der Waals surface area contributed by atoms with E-state index in [1.165, 1.54) is 63.3 Å². The Kier molecular flexibility index (Phi) is 12.2. The first kappa shape index (κ1) is 48.8. The topological polar surface area (TPSA) is 35.6 Å². The zero-order chi connectivity index (χ0) is 54.5. The fraction of sp³-hybridized carbons (Fsp3) is 0. The van der Waals surface area contributed by atoms with Gasteiger partial charge >= 0.3 is 0 Å². The van der Waals surface area contributed by atoms with Crippen LogP contribution >= 0.6 is 0 Å². The second kappa shape index (κ2) is 20.4. The molecule has 0 aliphatic heterocycles. The Bertz CT molecular complexity index is 4360. The first-order valence-corrected chi connectivity index (χ1v) is 32.1. The van der Waals surface area contributed by atoms with Gasteiger partial charge in [-0.15, -0.1) is 0 Å². The van der Waals surface area contributed by atoms with Gasteiger partial charge in [0.2, 0.25) is 5.95 Å². The number of hydrogen-bond acceptors (Lipinski definition) is 2. The van der Waals surface area contributed by atoms with E-state index in [-0.39, 0.29) is 0 Å². The van der Waals surface area contributed by atoms with Gasteiger partial charge in [-0.25, -0.2) is 9.97 Å². The van der Waals surface area contributed by atoms with Crippen molar-refractivity contribution in [3.05, 3.63) is 328 Å². The molecule has 6 heteroatoms. The molecule has 386 valence electrons. The number of hydrogen-bond donors (Lipinski definition) is 0. The molecular weight excluding hydrogens is 1030 g/mol. The van der Waals surface area contributed by atoms with Crippen LogP contribution in [-0.2, 0) is 0 Å². The Labute approximate surface area is 479 Å². The summed E-state index contributed by atoms with van der Waals surface area (Å²) in [6.45, 7) is 0. The maximum absolute atomic E-state index is 5.75. The van der Waals surface area contributed by atoms with E-state index >= 15 is 0 Å². The largest absolute Gasteiger partial charge is 0.309 e. The van der Waals surface area contributed by atoms with Gasteiger partial charge in [0.05, 0.1) is 33.5 Å².